The van der Waals surface area contributed by atoms with Crippen LogP contribution in [0.15, 0.2) is 39.9 Å². The second kappa shape index (κ2) is 5.14. The lowest BCUT2D eigenvalue weighted by Gasteiger charge is -2.26. The molecule has 1 aliphatic heterocycles. The van der Waals surface area contributed by atoms with Crippen molar-refractivity contribution in [1.29, 1.82) is 0 Å². The number of benzene rings is 1. The third-order valence-corrected chi connectivity index (χ3v) is 3.53. The average molecular weight is 288 g/mol. The Morgan fingerprint density at radius 2 is 1.95 bits per heavy atom. The van der Waals surface area contributed by atoms with Crippen molar-refractivity contribution in [3.05, 3.63) is 46.9 Å². The van der Waals surface area contributed by atoms with E-state index in [0.29, 0.717) is 23.0 Å². The minimum absolute atomic E-state index is 0.567. The Balaban J connectivity index is 2.24. The van der Waals surface area contributed by atoms with Crippen molar-refractivity contribution in [3.63, 3.8) is 0 Å². The number of ether oxygens (including phenoxy) is 2. The lowest BCUT2D eigenvalue weighted by molar-refractivity contribution is -0.0764. The minimum Gasteiger partial charge on any atom is -0.493 e. The molecule has 0 saturated heterocycles. The van der Waals surface area contributed by atoms with E-state index in [1.807, 2.05) is 6.92 Å². The van der Waals surface area contributed by atoms with Gasteiger partial charge in [0, 0.05) is 11.3 Å². The second-order valence-electron chi connectivity index (χ2n) is 4.67. The molecule has 0 spiro atoms. The lowest BCUT2D eigenvalue weighted by Crippen LogP contribution is -2.40. The first-order valence-electron chi connectivity index (χ1n) is 6.48. The van der Waals surface area contributed by atoms with Crippen LogP contribution in [0.4, 0.5) is 0 Å². The Labute approximate surface area is 121 Å². The van der Waals surface area contributed by atoms with Crippen molar-refractivity contribution in [1.82, 2.24) is 5.06 Å². The van der Waals surface area contributed by atoms with Crippen molar-refractivity contribution in [2.45, 2.75) is 13.1 Å². The molecule has 0 saturated carbocycles. The van der Waals surface area contributed by atoms with Crippen LogP contribution in [-0.2, 0) is 0 Å². The molecule has 6 nitrogen and oxygen atoms in total. The van der Waals surface area contributed by atoms with Crippen molar-refractivity contribution < 1.29 is 19.1 Å². The van der Waals surface area contributed by atoms with Gasteiger partial charge in [0.1, 0.15) is 0 Å². The molecule has 0 amide bonds. The highest BCUT2D eigenvalue weighted by Crippen LogP contribution is 2.28. The third-order valence-electron chi connectivity index (χ3n) is 3.53. The van der Waals surface area contributed by atoms with Crippen molar-refractivity contribution in [3.8, 4) is 11.5 Å². The van der Waals surface area contributed by atoms with E-state index in [1.165, 1.54) is 0 Å². The van der Waals surface area contributed by atoms with Crippen molar-refractivity contribution >= 4 is 5.70 Å². The molecule has 0 aliphatic carbocycles. The number of fused-ring (bicyclic) bond motifs is 1. The van der Waals surface area contributed by atoms with Crippen LogP contribution >= 0.6 is 0 Å². The third kappa shape index (κ3) is 2.13. The molecule has 1 aliphatic rings. The molecule has 1 atom stereocenters. The van der Waals surface area contributed by atoms with Gasteiger partial charge < -0.3 is 13.9 Å². The minimum atomic E-state index is -0.606. The highest BCUT2D eigenvalue weighted by molar-refractivity contribution is 5.48. The van der Waals surface area contributed by atoms with E-state index in [9.17, 15) is 5.21 Å². The van der Waals surface area contributed by atoms with Crippen LogP contribution in [0.2, 0.25) is 0 Å². The van der Waals surface area contributed by atoms with Crippen LogP contribution in [0, 0.1) is 0 Å². The zero-order valence-electron chi connectivity index (χ0n) is 12.0. The van der Waals surface area contributed by atoms with E-state index in [2.05, 4.69) is 4.99 Å². The van der Waals surface area contributed by atoms with Crippen LogP contribution in [0.3, 0.4) is 0 Å². The summed E-state index contributed by atoms with van der Waals surface area (Å²) in [6.07, 6.45) is 0.948. The number of furan rings is 1. The van der Waals surface area contributed by atoms with Gasteiger partial charge in [0.15, 0.2) is 17.3 Å². The fourth-order valence-electron chi connectivity index (χ4n) is 2.38. The van der Waals surface area contributed by atoms with E-state index < -0.39 is 6.17 Å². The molecule has 2 aromatic rings. The zero-order valence-corrected chi connectivity index (χ0v) is 12.0. The summed E-state index contributed by atoms with van der Waals surface area (Å²) in [7, 11) is 3.15. The standard InChI is InChI=1S/C15H16N2O4/c1-9-10-7-13(19-2)14(20-3)8-11(10)16-15(17(9)18)12-5-4-6-21-12/h4-8,15,18H,1-3H3. The highest BCUT2D eigenvalue weighted by atomic mass is 16.5. The number of hydrogen-bond donors (Lipinski definition) is 1. The fraction of sp³-hybridized carbons (Fsp3) is 0.267. The number of nitrogens with zero attached hydrogens (tertiary/aromatic N) is 2. The predicted octanol–water partition coefficient (Wildman–Crippen LogP) is 1.45. The maximum atomic E-state index is 10.3. The van der Waals surface area contributed by atoms with Crippen LogP contribution in [0.25, 0.3) is 5.70 Å². The van der Waals surface area contributed by atoms with E-state index in [-0.39, 0.29) is 0 Å². The predicted molar refractivity (Wildman–Crippen MR) is 74.5 cm³/mol. The largest absolute Gasteiger partial charge is 0.493 e. The van der Waals surface area contributed by atoms with Crippen LogP contribution in [-0.4, -0.2) is 24.5 Å². The number of rotatable bonds is 3. The molecule has 1 aromatic carbocycles. The molecular weight excluding hydrogens is 272 g/mol. The van der Waals surface area contributed by atoms with Gasteiger partial charge in [-0.25, -0.2) is 10.1 Å². The molecule has 0 fully saturated rings. The number of hydroxylamine groups is 2. The van der Waals surface area contributed by atoms with Gasteiger partial charge in [0.25, 0.3) is 0 Å². The first-order valence-corrected chi connectivity index (χ1v) is 6.48. The van der Waals surface area contributed by atoms with Gasteiger partial charge in [-0.1, -0.05) is 0 Å². The molecule has 2 heterocycles. The van der Waals surface area contributed by atoms with Crippen molar-refractivity contribution in [2.75, 3.05) is 14.2 Å². The monoisotopic (exact) mass is 288 g/mol. The van der Waals surface area contributed by atoms with E-state index in [1.54, 1.807) is 44.7 Å². The SMILES string of the molecule is COc1cc2c(cc1OC)=C(C)N(O)C(c1ccco1)N=2. The molecule has 6 heteroatoms. The van der Waals surface area contributed by atoms with E-state index >= 15 is 0 Å². The van der Waals surface area contributed by atoms with Crippen LogP contribution in [0.1, 0.15) is 18.8 Å². The molecule has 1 aromatic heterocycles. The Hall–Kier alpha value is -2.47. The Morgan fingerprint density at radius 3 is 2.57 bits per heavy atom. The fourth-order valence-corrected chi connectivity index (χ4v) is 2.38. The first kappa shape index (κ1) is 13.5. The molecule has 21 heavy (non-hydrogen) atoms. The van der Waals surface area contributed by atoms with E-state index in [4.69, 9.17) is 13.9 Å². The summed E-state index contributed by atoms with van der Waals surface area (Å²) in [5.74, 6) is 1.75. The summed E-state index contributed by atoms with van der Waals surface area (Å²) in [5.41, 5.74) is 0.669. The van der Waals surface area contributed by atoms with Gasteiger partial charge in [-0.3, -0.25) is 5.21 Å². The summed E-state index contributed by atoms with van der Waals surface area (Å²) in [4.78, 5) is 4.53. The van der Waals surface area contributed by atoms with Gasteiger partial charge in [0.05, 0.1) is 31.5 Å². The Bertz CT molecular complexity index is 768. The molecule has 0 bridgehead atoms. The summed E-state index contributed by atoms with van der Waals surface area (Å²) in [5, 5.41) is 12.9. The van der Waals surface area contributed by atoms with E-state index in [0.717, 1.165) is 15.6 Å². The Morgan fingerprint density at radius 1 is 1.24 bits per heavy atom. The highest BCUT2D eigenvalue weighted by Gasteiger charge is 2.25. The molecule has 1 unspecified atom stereocenters. The lowest BCUT2D eigenvalue weighted by atomic mass is 10.1. The topological polar surface area (TPSA) is 67.4 Å². The molecular formula is C15H16N2O4. The van der Waals surface area contributed by atoms with Gasteiger partial charge in [0.2, 0.25) is 6.17 Å². The first-order chi connectivity index (χ1) is 10.2. The number of methoxy groups -OCH3 is 2. The van der Waals surface area contributed by atoms with Gasteiger partial charge in [-0.05, 0) is 25.1 Å². The molecule has 0 radical (unpaired) electrons. The second-order valence-corrected chi connectivity index (χ2v) is 4.67. The average Bonchev–Trinajstić information content (AvgIpc) is 3.03. The molecule has 3 rings (SSSR count). The Kier molecular flexibility index (Phi) is 3.31. The van der Waals surface area contributed by atoms with Crippen LogP contribution in [0.5, 0.6) is 11.5 Å². The van der Waals surface area contributed by atoms with Crippen molar-refractivity contribution in [2.24, 2.45) is 4.99 Å². The quantitative estimate of drug-likeness (QED) is 0.926. The van der Waals surface area contributed by atoms with Gasteiger partial charge >= 0.3 is 0 Å². The maximum Gasteiger partial charge on any atom is 0.203 e. The van der Waals surface area contributed by atoms with Gasteiger partial charge in [-0.15, -0.1) is 0 Å². The van der Waals surface area contributed by atoms with Gasteiger partial charge in [-0.2, -0.15) is 0 Å². The van der Waals surface area contributed by atoms with Crippen LogP contribution < -0.4 is 20.0 Å². The molecule has 1 N–H and O–H groups in total. The number of hydrogen-bond acceptors (Lipinski definition) is 6. The molecule has 110 valence electrons. The normalized spacial score (nSPS) is 17.2. The summed E-state index contributed by atoms with van der Waals surface area (Å²) in [6.45, 7) is 1.81. The summed E-state index contributed by atoms with van der Waals surface area (Å²) in [6, 6.07) is 7.13. The summed E-state index contributed by atoms with van der Waals surface area (Å²) < 4.78 is 15.9. The maximum absolute atomic E-state index is 10.3. The summed E-state index contributed by atoms with van der Waals surface area (Å²) >= 11 is 0. The zero-order chi connectivity index (χ0) is 15.0. The smallest absolute Gasteiger partial charge is 0.203 e.